The lowest BCUT2D eigenvalue weighted by molar-refractivity contribution is 0.623. The normalized spacial score (nSPS) is 11.6. The molecule has 0 aliphatic carbocycles. The van der Waals surface area contributed by atoms with Crippen molar-refractivity contribution in [1.82, 2.24) is 9.55 Å². The number of hydrogen-bond acceptors (Lipinski definition) is 3. The molecule has 0 spiro atoms. The van der Waals surface area contributed by atoms with E-state index in [1.54, 1.807) is 0 Å². The zero-order valence-electron chi connectivity index (χ0n) is 24.3. The van der Waals surface area contributed by atoms with E-state index in [4.69, 9.17) is 9.40 Å². The number of para-hydroxylation sites is 3. The van der Waals surface area contributed by atoms with Crippen molar-refractivity contribution in [3.05, 3.63) is 164 Å². The SMILES string of the molecule is c1ccc(-c2nc3cc(N(c4ccccc4)c4cccc5c4c4ccccc4n5-c4ccccc4)c4ccccc4c3o2)cc1. The highest BCUT2D eigenvalue weighted by Crippen LogP contribution is 2.47. The fourth-order valence-electron chi connectivity index (χ4n) is 6.65. The fourth-order valence-corrected chi connectivity index (χ4v) is 6.65. The number of aromatic nitrogens is 2. The Bertz CT molecular complexity index is 2480. The molecule has 0 fully saturated rings. The third kappa shape index (κ3) is 4.04. The molecule has 9 rings (SSSR count). The van der Waals surface area contributed by atoms with Crippen LogP contribution in [-0.4, -0.2) is 9.55 Å². The summed E-state index contributed by atoms with van der Waals surface area (Å²) in [7, 11) is 0. The molecule has 212 valence electrons. The highest BCUT2D eigenvalue weighted by Gasteiger charge is 2.24. The summed E-state index contributed by atoms with van der Waals surface area (Å²) in [4.78, 5) is 7.40. The van der Waals surface area contributed by atoms with Gasteiger partial charge in [0.15, 0.2) is 5.58 Å². The molecule has 0 radical (unpaired) electrons. The Morgan fingerprint density at radius 3 is 1.91 bits per heavy atom. The molecule has 0 atom stereocenters. The van der Waals surface area contributed by atoms with Crippen molar-refractivity contribution in [1.29, 1.82) is 0 Å². The predicted molar refractivity (Wildman–Crippen MR) is 186 cm³/mol. The summed E-state index contributed by atoms with van der Waals surface area (Å²) in [6.45, 7) is 0. The summed E-state index contributed by atoms with van der Waals surface area (Å²) in [5.41, 5.74) is 9.23. The van der Waals surface area contributed by atoms with E-state index in [1.807, 2.05) is 30.3 Å². The molecule has 0 N–H and O–H groups in total. The number of anilines is 3. The lowest BCUT2D eigenvalue weighted by Crippen LogP contribution is -2.11. The van der Waals surface area contributed by atoms with Crippen LogP contribution in [0.1, 0.15) is 0 Å². The van der Waals surface area contributed by atoms with Gasteiger partial charge in [0.1, 0.15) is 5.52 Å². The van der Waals surface area contributed by atoms with Crippen molar-refractivity contribution in [2.24, 2.45) is 0 Å². The van der Waals surface area contributed by atoms with E-state index in [9.17, 15) is 0 Å². The van der Waals surface area contributed by atoms with Crippen molar-refractivity contribution in [2.75, 3.05) is 4.90 Å². The Hall–Kier alpha value is -6.13. The van der Waals surface area contributed by atoms with Crippen LogP contribution in [0.2, 0.25) is 0 Å². The average Bonchev–Trinajstić information content (AvgIpc) is 3.70. The summed E-state index contributed by atoms with van der Waals surface area (Å²) >= 11 is 0. The minimum absolute atomic E-state index is 0.618. The van der Waals surface area contributed by atoms with Gasteiger partial charge < -0.3 is 13.9 Å². The molecule has 4 heteroatoms. The summed E-state index contributed by atoms with van der Waals surface area (Å²) in [6, 6.07) is 57.2. The zero-order valence-corrected chi connectivity index (χ0v) is 24.3. The highest BCUT2D eigenvalue weighted by molar-refractivity contribution is 6.19. The van der Waals surface area contributed by atoms with Gasteiger partial charge in [-0.3, -0.25) is 0 Å². The number of rotatable bonds is 5. The molecule has 0 saturated carbocycles. The molecule has 0 bridgehead atoms. The van der Waals surface area contributed by atoms with Crippen LogP contribution >= 0.6 is 0 Å². The summed E-state index contributed by atoms with van der Waals surface area (Å²) in [5.74, 6) is 0.618. The second-order valence-electron chi connectivity index (χ2n) is 11.2. The van der Waals surface area contributed by atoms with Gasteiger partial charge in [0.2, 0.25) is 5.89 Å². The fraction of sp³-hybridized carbons (Fsp3) is 0. The van der Waals surface area contributed by atoms with Gasteiger partial charge in [-0.2, -0.15) is 0 Å². The average molecular weight is 578 g/mol. The van der Waals surface area contributed by atoms with Gasteiger partial charge in [-0.15, -0.1) is 0 Å². The van der Waals surface area contributed by atoms with Crippen molar-refractivity contribution in [2.45, 2.75) is 0 Å². The summed E-state index contributed by atoms with van der Waals surface area (Å²) in [6.07, 6.45) is 0. The summed E-state index contributed by atoms with van der Waals surface area (Å²) < 4.78 is 8.82. The Labute approximate surface area is 260 Å². The Morgan fingerprint density at radius 1 is 0.511 bits per heavy atom. The first-order chi connectivity index (χ1) is 22.3. The van der Waals surface area contributed by atoms with Gasteiger partial charge >= 0.3 is 0 Å². The van der Waals surface area contributed by atoms with Gasteiger partial charge in [0.05, 0.1) is 22.4 Å². The highest BCUT2D eigenvalue weighted by atomic mass is 16.3. The van der Waals surface area contributed by atoms with Crippen molar-refractivity contribution >= 4 is 60.7 Å². The Kier molecular flexibility index (Phi) is 5.78. The van der Waals surface area contributed by atoms with Gasteiger partial charge in [0.25, 0.3) is 0 Å². The maximum absolute atomic E-state index is 6.46. The lowest BCUT2D eigenvalue weighted by Gasteiger charge is -2.27. The molecular weight excluding hydrogens is 550 g/mol. The van der Waals surface area contributed by atoms with Crippen LogP contribution in [-0.2, 0) is 0 Å². The van der Waals surface area contributed by atoms with Crippen molar-refractivity contribution in [3.8, 4) is 17.1 Å². The monoisotopic (exact) mass is 577 g/mol. The summed E-state index contributed by atoms with van der Waals surface area (Å²) in [5, 5.41) is 4.51. The molecule has 9 aromatic rings. The van der Waals surface area contributed by atoms with Crippen LogP contribution in [0.25, 0.3) is 60.8 Å². The Balaban J connectivity index is 1.38. The number of nitrogens with zero attached hydrogens (tertiary/aromatic N) is 3. The van der Waals surface area contributed by atoms with Crippen molar-refractivity contribution in [3.63, 3.8) is 0 Å². The van der Waals surface area contributed by atoms with Crippen LogP contribution in [0, 0.1) is 0 Å². The van der Waals surface area contributed by atoms with Crippen LogP contribution in [0.5, 0.6) is 0 Å². The quantitative estimate of drug-likeness (QED) is 0.204. The van der Waals surface area contributed by atoms with Crippen LogP contribution in [0.4, 0.5) is 17.1 Å². The zero-order chi connectivity index (χ0) is 29.7. The van der Waals surface area contributed by atoms with Gasteiger partial charge in [-0.1, -0.05) is 103 Å². The molecule has 2 aromatic heterocycles. The van der Waals surface area contributed by atoms with E-state index in [0.29, 0.717) is 5.89 Å². The molecule has 0 aliphatic rings. The van der Waals surface area contributed by atoms with E-state index < -0.39 is 0 Å². The molecule has 2 heterocycles. The number of fused-ring (bicyclic) bond motifs is 6. The topological polar surface area (TPSA) is 34.2 Å². The molecule has 45 heavy (non-hydrogen) atoms. The van der Waals surface area contributed by atoms with E-state index in [0.717, 1.165) is 55.7 Å². The number of oxazole rings is 1. The standard InChI is InChI=1S/C41H27N3O/c1-4-15-28(16-5-1)41-42-34-27-38(31-21-10-11-22-32(31)40(34)45-41)44(30-19-8-3-9-20-30)37-26-14-25-36-39(37)33-23-12-13-24-35(33)43(36)29-17-6-2-7-18-29/h1-27H. The third-order valence-electron chi connectivity index (χ3n) is 8.58. The van der Waals surface area contributed by atoms with Gasteiger partial charge in [-0.05, 0) is 60.7 Å². The molecule has 0 saturated heterocycles. The van der Waals surface area contributed by atoms with E-state index in [1.165, 1.54) is 16.3 Å². The first-order valence-corrected chi connectivity index (χ1v) is 15.2. The van der Waals surface area contributed by atoms with Crippen LogP contribution in [0.3, 0.4) is 0 Å². The van der Waals surface area contributed by atoms with Crippen molar-refractivity contribution < 1.29 is 4.42 Å². The van der Waals surface area contributed by atoms with Crippen LogP contribution < -0.4 is 4.90 Å². The van der Waals surface area contributed by atoms with E-state index >= 15 is 0 Å². The van der Waals surface area contributed by atoms with Crippen LogP contribution in [0.15, 0.2) is 168 Å². The van der Waals surface area contributed by atoms with E-state index in [2.05, 4.69) is 143 Å². The second kappa shape index (κ2) is 10.2. The minimum atomic E-state index is 0.618. The molecule has 0 unspecified atom stereocenters. The molecule has 0 aliphatic heterocycles. The van der Waals surface area contributed by atoms with Gasteiger partial charge in [0, 0.05) is 38.5 Å². The first-order valence-electron chi connectivity index (χ1n) is 15.2. The maximum Gasteiger partial charge on any atom is 0.227 e. The smallest absolute Gasteiger partial charge is 0.227 e. The Morgan fingerprint density at radius 2 is 1.13 bits per heavy atom. The maximum atomic E-state index is 6.46. The molecule has 0 amide bonds. The lowest BCUT2D eigenvalue weighted by atomic mass is 10.0. The predicted octanol–water partition coefficient (Wildman–Crippen LogP) is 11.2. The second-order valence-corrected chi connectivity index (χ2v) is 11.2. The molecule has 4 nitrogen and oxygen atoms in total. The first kappa shape index (κ1) is 25.4. The van der Waals surface area contributed by atoms with E-state index in [-0.39, 0.29) is 0 Å². The minimum Gasteiger partial charge on any atom is -0.435 e. The molecular formula is C41H27N3O. The molecule has 7 aromatic carbocycles. The largest absolute Gasteiger partial charge is 0.435 e. The van der Waals surface area contributed by atoms with Gasteiger partial charge in [-0.25, -0.2) is 4.98 Å². The number of hydrogen-bond donors (Lipinski definition) is 0. The number of benzene rings is 7. The third-order valence-corrected chi connectivity index (χ3v) is 8.58.